The van der Waals surface area contributed by atoms with Crippen molar-refractivity contribution in [2.75, 3.05) is 7.11 Å². The standard InChI is InChI=1S/C9H12F2OSi/c1-12-13(2,3)9-5-7(10)4-8(11)6-9/h4-6H,1-3H3. The van der Waals surface area contributed by atoms with Crippen molar-refractivity contribution in [3.63, 3.8) is 0 Å². The molecule has 13 heavy (non-hydrogen) atoms. The Kier molecular flexibility index (Phi) is 2.83. The number of hydrogen-bond donors (Lipinski definition) is 0. The average molecular weight is 202 g/mol. The maximum absolute atomic E-state index is 12.8. The molecule has 1 aromatic carbocycles. The van der Waals surface area contributed by atoms with Gasteiger partial charge in [0.05, 0.1) is 0 Å². The molecule has 0 saturated carbocycles. The van der Waals surface area contributed by atoms with E-state index in [9.17, 15) is 8.78 Å². The third kappa shape index (κ3) is 2.35. The van der Waals surface area contributed by atoms with Gasteiger partial charge in [-0.05, 0) is 30.4 Å². The van der Waals surface area contributed by atoms with Crippen LogP contribution in [0, 0.1) is 11.6 Å². The molecule has 0 atom stereocenters. The summed E-state index contributed by atoms with van der Waals surface area (Å²) in [5, 5.41) is 0.632. The van der Waals surface area contributed by atoms with E-state index in [1.54, 1.807) is 7.11 Å². The molecule has 0 aliphatic heterocycles. The van der Waals surface area contributed by atoms with Gasteiger partial charge in [-0.1, -0.05) is 0 Å². The third-order valence-corrected chi connectivity index (χ3v) is 4.77. The Morgan fingerprint density at radius 2 is 1.54 bits per heavy atom. The van der Waals surface area contributed by atoms with Gasteiger partial charge in [0.25, 0.3) is 0 Å². The Balaban J connectivity index is 3.15. The van der Waals surface area contributed by atoms with Crippen LogP contribution in [0.15, 0.2) is 18.2 Å². The second-order valence-electron chi connectivity index (χ2n) is 3.37. The molecule has 0 bridgehead atoms. The van der Waals surface area contributed by atoms with Crippen LogP contribution < -0.4 is 5.19 Å². The normalized spacial score (nSPS) is 11.8. The van der Waals surface area contributed by atoms with Crippen LogP contribution in [0.4, 0.5) is 8.78 Å². The van der Waals surface area contributed by atoms with Crippen molar-refractivity contribution in [2.24, 2.45) is 0 Å². The molecule has 4 heteroatoms. The predicted molar refractivity (Wildman–Crippen MR) is 50.5 cm³/mol. The van der Waals surface area contributed by atoms with Crippen molar-refractivity contribution in [1.82, 2.24) is 0 Å². The van der Waals surface area contributed by atoms with E-state index in [0.29, 0.717) is 5.19 Å². The van der Waals surface area contributed by atoms with Crippen molar-refractivity contribution < 1.29 is 13.2 Å². The lowest BCUT2D eigenvalue weighted by Gasteiger charge is -2.20. The molecule has 0 aromatic heterocycles. The molecule has 0 radical (unpaired) electrons. The van der Waals surface area contributed by atoms with E-state index < -0.39 is 20.0 Å². The molecule has 0 N–H and O–H groups in total. The molecule has 72 valence electrons. The maximum Gasteiger partial charge on any atom is 0.217 e. The second-order valence-corrected chi connectivity index (χ2v) is 7.38. The van der Waals surface area contributed by atoms with Crippen molar-refractivity contribution in [3.05, 3.63) is 29.8 Å². The van der Waals surface area contributed by atoms with E-state index in [1.165, 1.54) is 12.1 Å². The average Bonchev–Trinajstić information content (AvgIpc) is 2.02. The predicted octanol–water partition coefficient (Wildman–Crippen LogP) is 2.02. The number of halogens is 2. The van der Waals surface area contributed by atoms with Gasteiger partial charge in [-0.2, -0.15) is 0 Å². The fourth-order valence-electron chi connectivity index (χ4n) is 1.02. The highest BCUT2D eigenvalue weighted by Gasteiger charge is 2.24. The van der Waals surface area contributed by atoms with Gasteiger partial charge in [0, 0.05) is 13.2 Å². The first-order chi connectivity index (χ1) is 5.95. The fourth-order valence-corrected chi connectivity index (χ4v) is 2.23. The van der Waals surface area contributed by atoms with Gasteiger partial charge >= 0.3 is 0 Å². The van der Waals surface area contributed by atoms with Crippen LogP contribution in [0.1, 0.15) is 0 Å². The molecule has 1 rings (SSSR count). The SMILES string of the molecule is CO[Si](C)(C)c1cc(F)cc(F)c1. The van der Waals surface area contributed by atoms with E-state index >= 15 is 0 Å². The molecule has 0 saturated heterocycles. The van der Waals surface area contributed by atoms with Crippen LogP contribution in [0.2, 0.25) is 13.1 Å². The molecule has 0 heterocycles. The quantitative estimate of drug-likeness (QED) is 0.667. The Morgan fingerprint density at radius 1 is 1.08 bits per heavy atom. The molecular formula is C9H12F2OSi. The summed E-state index contributed by atoms with van der Waals surface area (Å²) < 4.78 is 30.9. The third-order valence-electron chi connectivity index (χ3n) is 2.07. The minimum atomic E-state index is -2.10. The zero-order valence-electron chi connectivity index (χ0n) is 7.90. The fraction of sp³-hybridized carbons (Fsp3) is 0.333. The van der Waals surface area contributed by atoms with E-state index in [4.69, 9.17) is 4.43 Å². The summed E-state index contributed by atoms with van der Waals surface area (Å²) in [6.07, 6.45) is 0. The van der Waals surface area contributed by atoms with E-state index in [1.807, 2.05) is 13.1 Å². The highest BCUT2D eigenvalue weighted by Crippen LogP contribution is 2.07. The van der Waals surface area contributed by atoms with Gasteiger partial charge in [0.1, 0.15) is 11.6 Å². The number of rotatable bonds is 2. The minimum Gasteiger partial charge on any atom is -0.416 e. The van der Waals surface area contributed by atoms with Gasteiger partial charge in [0.15, 0.2) is 0 Å². The maximum atomic E-state index is 12.8. The lowest BCUT2D eigenvalue weighted by Crippen LogP contribution is -2.44. The van der Waals surface area contributed by atoms with Crippen molar-refractivity contribution in [2.45, 2.75) is 13.1 Å². The molecule has 0 amide bonds. The monoisotopic (exact) mass is 202 g/mol. The van der Waals surface area contributed by atoms with Crippen LogP contribution >= 0.6 is 0 Å². The molecule has 1 aromatic rings. The van der Waals surface area contributed by atoms with Crippen molar-refractivity contribution in [3.8, 4) is 0 Å². The van der Waals surface area contributed by atoms with Crippen LogP contribution in [0.5, 0.6) is 0 Å². The second kappa shape index (κ2) is 3.55. The summed E-state index contributed by atoms with van der Waals surface area (Å²) in [6.45, 7) is 3.78. The number of hydrogen-bond acceptors (Lipinski definition) is 1. The minimum absolute atomic E-state index is 0.548. The smallest absolute Gasteiger partial charge is 0.217 e. The van der Waals surface area contributed by atoms with E-state index in [-0.39, 0.29) is 0 Å². The largest absolute Gasteiger partial charge is 0.416 e. The summed E-state index contributed by atoms with van der Waals surface area (Å²) in [4.78, 5) is 0. The molecular weight excluding hydrogens is 190 g/mol. The molecule has 1 nitrogen and oxygen atoms in total. The molecule has 0 aliphatic carbocycles. The summed E-state index contributed by atoms with van der Waals surface area (Å²) in [5.41, 5.74) is 0. The van der Waals surface area contributed by atoms with Gasteiger partial charge in [-0.3, -0.25) is 0 Å². The van der Waals surface area contributed by atoms with E-state index in [2.05, 4.69) is 0 Å². The van der Waals surface area contributed by atoms with Gasteiger partial charge < -0.3 is 4.43 Å². The number of benzene rings is 1. The highest BCUT2D eigenvalue weighted by molar-refractivity contribution is 6.84. The lowest BCUT2D eigenvalue weighted by atomic mass is 10.3. The van der Waals surface area contributed by atoms with Crippen LogP contribution in [0.25, 0.3) is 0 Å². The molecule has 0 aliphatic rings. The molecule has 0 unspecified atom stereocenters. The van der Waals surface area contributed by atoms with Crippen molar-refractivity contribution in [1.29, 1.82) is 0 Å². The first-order valence-corrected chi connectivity index (χ1v) is 6.88. The summed E-state index contributed by atoms with van der Waals surface area (Å²) in [6, 6.07) is 3.53. The first kappa shape index (κ1) is 10.3. The summed E-state index contributed by atoms with van der Waals surface area (Å²) in [5.74, 6) is -1.10. The van der Waals surface area contributed by atoms with E-state index in [0.717, 1.165) is 6.07 Å². The lowest BCUT2D eigenvalue weighted by molar-refractivity contribution is 0.416. The van der Waals surface area contributed by atoms with Crippen LogP contribution in [-0.4, -0.2) is 15.4 Å². The Morgan fingerprint density at radius 3 is 1.92 bits per heavy atom. The Labute approximate surface area is 77.5 Å². The molecule has 0 fully saturated rings. The topological polar surface area (TPSA) is 9.23 Å². The summed E-state index contributed by atoms with van der Waals surface area (Å²) >= 11 is 0. The summed E-state index contributed by atoms with van der Waals surface area (Å²) in [7, 11) is -0.532. The van der Waals surface area contributed by atoms with Crippen molar-refractivity contribution >= 4 is 13.5 Å². The van der Waals surface area contributed by atoms with Crippen LogP contribution in [0.3, 0.4) is 0 Å². The Hall–Kier alpha value is -0.743. The van der Waals surface area contributed by atoms with Gasteiger partial charge in [-0.25, -0.2) is 8.78 Å². The van der Waals surface area contributed by atoms with Gasteiger partial charge in [-0.15, -0.1) is 0 Å². The Bertz CT molecular complexity index is 292. The zero-order chi connectivity index (χ0) is 10.1. The van der Waals surface area contributed by atoms with Crippen LogP contribution in [-0.2, 0) is 4.43 Å². The molecule has 0 spiro atoms. The first-order valence-electron chi connectivity index (χ1n) is 3.97. The zero-order valence-corrected chi connectivity index (χ0v) is 8.90. The highest BCUT2D eigenvalue weighted by atomic mass is 28.4. The van der Waals surface area contributed by atoms with Gasteiger partial charge in [0.2, 0.25) is 8.32 Å².